The van der Waals surface area contributed by atoms with Gasteiger partial charge < -0.3 is 24.4 Å². The van der Waals surface area contributed by atoms with Crippen LogP contribution in [0.1, 0.15) is 6.42 Å². The lowest BCUT2D eigenvalue weighted by Crippen LogP contribution is -2.52. The topological polar surface area (TPSA) is 77.6 Å². The first-order chi connectivity index (χ1) is 14.2. The molecular weight excluding hydrogens is 368 g/mol. The average molecular weight is 394 g/mol. The molecule has 2 amide bonds. The van der Waals surface area contributed by atoms with Gasteiger partial charge in [0, 0.05) is 81.1 Å². The zero-order valence-electron chi connectivity index (χ0n) is 16.7. The first kappa shape index (κ1) is 18.2. The number of anilines is 1. The minimum Gasteiger partial charge on any atom is -0.384 e. The molecule has 0 aromatic carbocycles. The first-order valence-electron chi connectivity index (χ1n) is 10.2. The van der Waals surface area contributed by atoms with Crippen molar-refractivity contribution in [2.24, 2.45) is 5.92 Å². The van der Waals surface area contributed by atoms with Crippen molar-refractivity contribution >= 4 is 33.7 Å². The number of hydrogen-bond acceptors (Lipinski definition) is 5. The Morgan fingerprint density at radius 3 is 2.86 bits per heavy atom. The Hall–Kier alpha value is -2.87. The number of hydrogen-bond donors (Lipinski definition) is 1. The highest BCUT2D eigenvalue weighted by Crippen LogP contribution is 2.31. The van der Waals surface area contributed by atoms with Gasteiger partial charge in [0.2, 0.25) is 0 Å². The number of aromatic nitrogens is 3. The van der Waals surface area contributed by atoms with Crippen LogP contribution in [-0.4, -0.2) is 83.8 Å². The minimum absolute atomic E-state index is 0.168. The lowest BCUT2D eigenvalue weighted by molar-refractivity contribution is 0.142. The van der Waals surface area contributed by atoms with E-state index >= 15 is 0 Å². The average Bonchev–Trinajstić information content (AvgIpc) is 3.43. The van der Waals surface area contributed by atoms with Crippen LogP contribution < -0.4 is 4.90 Å². The normalized spacial score (nSPS) is 20.2. The molecule has 1 N–H and O–H groups in total. The summed E-state index contributed by atoms with van der Waals surface area (Å²) in [5, 5.41) is 2.21. The fourth-order valence-electron chi connectivity index (χ4n) is 4.62. The van der Waals surface area contributed by atoms with E-state index in [9.17, 15) is 4.79 Å². The van der Waals surface area contributed by atoms with Crippen LogP contribution in [0.15, 0.2) is 30.7 Å². The molecule has 2 aliphatic rings. The lowest BCUT2D eigenvalue weighted by Gasteiger charge is -2.38. The lowest BCUT2D eigenvalue weighted by atomic mass is 10.1. The van der Waals surface area contributed by atoms with E-state index in [1.165, 1.54) is 5.69 Å². The monoisotopic (exact) mass is 394 g/mol. The number of carbonyl (C=O) groups is 1. The van der Waals surface area contributed by atoms with Gasteiger partial charge in [-0.25, -0.2) is 14.8 Å². The third kappa shape index (κ3) is 3.27. The Bertz CT molecular complexity index is 1030. The van der Waals surface area contributed by atoms with Gasteiger partial charge in [0.1, 0.15) is 0 Å². The standard InChI is InChI=1S/C21H26N6O2/c1-29-14-15-4-7-27(13-15)21(28)26-10-8-25(9-11-26)18-3-6-22-17-12-24-20-16(19(17)18)2-5-23-20/h2-3,5-6,12,15,22H,4,7-11,13-14H2,1H3. The summed E-state index contributed by atoms with van der Waals surface area (Å²) in [7, 11) is 1.73. The van der Waals surface area contributed by atoms with E-state index in [2.05, 4.69) is 25.9 Å². The van der Waals surface area contributed by atoms with Crippen molar-refractivity contribution in [1.82, 2.24) is 24.8 Å². The zero-order valence-corrected chi connectivity index (χ0v) is 16.7. The molecule has 0 bridgehead atoms. The molecule has 1 atom stereocenters. The smallest absolute Gasteiger partial charge is 0.320 e. The number of methoxy groups -OCH3 is 1. The van der Waals surface area contributed by atoms with E-state index < -0.39 is 0 Å². The number of rotatable bonds is 3. The molecule has 3 aromatic rings. The number of nitrogens with one attached hydrogen (secondary N) is 1. The summed E-state index contributed by atoms with van der Waals surface area (Å²) in [4.78, 5) is 31.3. The van der Waals surface area contributed by atoms with Gasteiger partial charge in [-0.1, -0.05) is 0 Å². The molecule has 0 aliphatic carbocycles. The SMILES string of the molecule is COCC1CCN(C(=O)N2CCN(c3cc[nH]c4cnc5nccc5c34)CC2)C1. The fourth-order valence-corrected chi connectivity index (χ4v) is 4.62. The Labute approximate surface area is 169 Å². The minimum atomic E-state index is 0.168. The number of urea groups is 1. The number of amides is 2. The number of H-pyrrole nitrogens is 1. The van der Waals surface area contributed by atoms with Gasteiger partial charge in [-0.05, 0) is 18.6 Å². The summed E-state index contributed by atoms with van der Waals surface area (Å²) in [5.74, 6) is 0.464. The van der Waals surface area contributed by atoms with Crippen LogP contribution in [0.5, 0.6) is 0 Å². The molecule has 8 nitrogen and oxygen atoms in total. The molecule has 152 valence electrons. The molecule has 0 saturated carbocycles. The van der Waals surface area contributed by atoms with Crippen molar-refractivity contribution in [2.45, 2.75) is 6.42 Å². The number of likely N-dealkylation sites (tertiary alicyclic amines) is 1. The Balaban J connectivity index is 1.31. The van der Waals surface area contributed by atoms with Gasteiger partial charge >= 0.3 is 6.03 Å². The van der Waals surface area contributed by atoms with Gasteiger partial charge in [0.25, 0.3) is 0 Å². The largest absolute Gasteiger partial charge is 0.384 e. The van der Waals surface area contributed by atoms with Crippen LogP contribution in [0.3, 0.4) is 0 Å². The van der Waals surface area contributed by atoms with E-state index in [-0.39, 0.29) is 6.03 Å². The van der Waals surface area contributed by atoms with E-state index in [4.69, 9.17) is 4.74 Å². The second-order valence-electron chi connectivity index (χ2n) is 7.90. The summed E-state index contributed by atoms with van der Waals surface area (Å²) in [5.41, 5.74) is 2.95. The van der Waals surface area contributed by atoms with Gasteiger partial charge in [-0.2, -0.15) is 0 Å². The van der Waals surface area contributed by atoms with Crippen molar-refractivity contribution in [3.05, 3.63) is 30.7 Å². The predicted octanol–water partition coefficient (Wildman–Crippen LogP) is 2.32. The number of pyridine rings is 2. The number of ether oxygens (including phenoxy) is 1. The van der Waals surface area contributed by atoms with Crippen molar-refractivity contribution in [2.75, 3.05) is 57.9 Å². The van der Waals surface area contributed by atoms with Crippen LogP contribution in [0, 0.1) is 5.92 Å². The van der Waals surface area contributed by atoms with Crippen LogP contribution >= 0.6 is 0 Å². The summed E-state index contributed by atoms with van der Waals surface area (Å²) in [6, 6.07) is 4.30. The zero-order chi connectivity index (χ0) is 19.8. The quantitative estimate of drug-likeness (QED) is 0.738. The highest BCUT2D eigenvalue weighted by molar-refractivity contribution is 6.10. The number of aromatic amines is 1. The van der Waals surface area contributed by atoms with Crippen molar-refractivity contribution < 1.29 is 9.53 Å². The molecule has 2 saturated heterocycles. The first-order valence-corrected chi connectivity index (χ1v) is 10.2. The van der Waals surface area contributed by atoms with Crippen molar-refractivity contribution in [1.29, 1.82) is 0 Å². The molecule has 2 fully saturated rings. The third-order valence-electron chi connectivity index (χ3n) is 6.12. The number of fused-ring (bicyclic) bond motifs is 3. The highest BCUT2D eigenvalue weighted by atomic mass is 16.5. The maximum atomic E-state index is 12.9. The molecule has 29 heavy (non-hydrogen) atoms. The van der Waals surface area contributed by atoms with E-state index in [0.29, 0.717) is 5.92 Å². The number of carbonyl (C=O) groups excluding carboxylic acids is 1. The summed E-state index contributed by atoms with van der Waals surface area (Å²) in [6.07, 6.45) is 6.64. The molecule has 1 unspecified atom stereocenters. The molecule has 5 rings (SSSR count). The molecule has 0 radical (unpaired) electrons. The second-order valence-corrected chi connectivity index (χ2v) is 7.90. The summed E-state index contributed by atoms with van der Waals surface area (Å²) in [6.45, 7) is 5.48. The Kier molecular flexibility index (Phi) is 4.71. The van der Waals surface area contributed by atoms with Gasteiger partial charge in [0.05, 0.1) is 18.3 Å². The summed E-state index contributed by atoms with van der Waals surface area (Å²) < 4.78 is 5.25. The molecule has 2 aliphatic heterocycles. The number of nitrogens with zero attached hydrogens (tertiary/aromatic N) is 5. The molecule has 0 spiro atoms. The van der Waals surface area contributed by atoms with Crippen LogP contribution in [0.25, 0.3) is 21.9 Å². The maximum Gasteiger partial charge on any atom is 0.320 e. The summed E-state index contributed by atoms with van der Waals surface area (Å²) >= 11 is 0. The predicted molar refractivity (Wildman–Crippen MR) is 112 cm³/mol. The van der Waals surface area contributed by atoms with Crippen LogP contribution in [0.2, 0.25) is 0 Å². The Morgan fingerprint density at radius 2 is 2.03 bits per heavy atom. The maximum absolute atomic E-state index is 12.9. The third-order valence-corrected chi connectivity index (χ3v) is 6.12. The molecule has 8 heteroatoms. The molecular formula is C21H26N6O2. The van der Waals surface area contributed by atoms with Crippen LogP contribution in [0.4, 0.5) is 10.5 Å². The Morgan fingerprint density at radius 1 is 1.17 bits per heavy atom. The van der Waals surface area contributed by atoms with Crippen molar-refractivity contribution in [3.8, 4) is 0 Å². The van der Waals surface area contributed by atoms with Crippen molar-refractivity contribution in [3.63, 3.8) is 0 Å². The highest BCUT2D eigenvalue weighted by Gasteiger charge is 2.31. The van der Waals surface area contributed by atoms with E-state index in [1.54, 1.807) is 13.3 Å². The van der Waals surface area contributed by atoms with Gasteiger partial charge in [-0.3, -0.25) is 0 Å². The second kappa shape index (κ2) is 7.51. The fraction of sp³-hybridized carbons (Fsp3) is 0.476. The number of piperazine rings is 1. The molecule has 3 aromatic heterocycles. The van der Waals surface area contributed by atoms with Gasteiger partial charge in [-0.15, -0.1) is 0 Å². The van der Waals surface area contributed by atoms with Gasteiger partial charge in [0.15, 0.2) is 5.65 Å². The van der Waals surface area contributed by atoms with Crippen LogP contribution in [-0.2, 0) is 4.74 Å². The molecule has 5 heterocycles. The van der Waals surface area contributed by atoms with E-state index in [0.717, 1.165) is 74.2 Å². The van der Waals surface area contributed by atoms with E-state index in [1.807, 2.05) is 28.3 Å².